The SMILES string of the molecule is COc1ccc(C(C)(C)C)c2c(=O)c3cc4[nH]c5c(OC)ccc(C(C)(C)C)c5c(=O)c4cc3[nH]c12. The van der Waals surface area contributed by atoms with Gasteiger partial charge in [0, 0.05) is 10.8 Å². The number of aromatic amines is 2. The molecule has 6 nitrogen and oxygen atoms in total. The molecule has 0 atom stereocenters. The van der Waals surface area contributed by atoms with Crippen molar-refractivity contribution in [1.29, 1.82) is 0 Å². The lowest BCUT2D eigenvalue weighted by molar-refractivity contribution is 0.418. The van der Waals surface area contributed by atoms with Crippen LogP contribution in [0.15, 0.2) is 46.0 Å². The molecule has 2 aromatic heterocycles. The molecule has 0 spiro atoms. The van der Waals surface area contributed by atoms with Gasteiger partial charge in [-0.1, -0.05) is 53.7 Å². The van der Waals surface area contributed by atoms with Crippen molar-refractivity contribution in [2.24, 2.45) is 0 Å². The Bertz CT molecular complexity index is 1680. The number of rotatable bonds is 2. The van der Waals surface area contributed by atoms with Crippen molar-refractivity contribution in [1.82, 2.24) is 9.97 Å². The van der Waals surface area contributed by atoms with Crippen LogP contribution in [0.5, 0.6) is 11.5 Å². The van der Waals surface area contributed by atoms with Gasteiger partial charge in [-0.2, -0.15) is 0 Å². The average molecular weight is 485 g/mol. The predicted molar refractivity (Wildman–Crippen MR) is 148 cm³/mol. The minimum Gasteiger partial charge on any atom is -0.495 e. The Kier molecular flexibility index (Phi) is 5.22. The summed E-state index contributed by atoms with van der Waals surface area (Å²) in [5.41, 5.74) is 3.64. The van der Waals surface area contributed by atoms with Gasteiger partial charge in [-0.05, 0) is 46.2 Å². The topological polar surface area (TPSA) is 84.2 Å². The van der Waals surface area contributed by atoms with Crippen molar-refractivity contribution in [3.63, 3.8) is 0 Å². The fraction of sp³-hybridized carbons (Fsp3) is 0.333. The maximum Gasteiger partial charge on any atom is 0.197 e. The molecule has 0 aliphatic rings. The Morgan fingerprint density at radius 3 is 1.28 bits per heavy atom. The highest BCUT2D eigenvalue weighted by Crippen LogP contribution is 2.36. The summed E-state index contributed by atoms with van der Waals surface area (Å²) in [6.45, 7) is 12.5. The summed E-state index contributed by atoms with van der Waals surface area (Å²) in [6.07, 6.45) is 0. The Hall–Kier alpha value is -3.80. The molecule has 5 aromatic rings. The molecule has 0 fully saturated rings. The van der Waals surface area contributed by atoms with E-state index in [1.807, 2.05) is 24.3 Å². The molecule has 2 N–H and O–H groups in total. The van der Waals surface area contributed by atoms with Crippen LogP contribution in [0.4, 0.5) is 0 Å². The molecule has 0 bridgehead atoms. The summed E-state index contributed by atoms with van der Waals surface area (Å²) in [5.74, 6) is 1.17. The van der Waals surface area contributed by atoms with E-state index in [2.05, 4.69) is 51.5 Å². The van der Waals surface area contributed by atoms with Crippen LogP contribution in [0.3, 0.4) is 0 Å². The maximum atomic E-state index is 13.9. The van der Waals surface area contributed by atoms with Crippen molar-refractivity contribution >= 4 is 43.6 Å². The largest absolute Gasteiger partial charge is 0.495 e. The molecule has 0 saturated heterocycles. The number of methoxy groups -OCH3 is 2. The second kappa shape index (κ2) is 7.85. The average Bonchev–Trinajstić information content (AvgIpc) is 2.81. The highest BCUT2D eigenvalue weighted by Gasteiger charge is 2.24. The number of aromatic nitrogens is 2. The van der Waals surface area contributed by atoms with E-state index in [1.54, 1.807) is 26.4 Å². The molecule has 3 aromatic carbocycles. The first-order valence-electron chi connectivity index (χ1n) is 12.1. The minimum atomic E-state index is -0.247. The molecule has 0 aliphatic carbocycles. The first kappa shape index (κ1) is 23.9. The third-order valence-corrected chi connectivity index (χ3v) is 7.01. The number of H-pyrrole nitrogens is 2. The fourth-order valence-corrected chi connectivity index (χ4v) is 5.20. The third-order valence-electron chi connectivity index (χ3n) is 7.01. The standard InChI is InChI=1S/C30H32N2O4/c1-29(2,3)17-9-11-21(35-7)25-23(17)27(33)15-13-20-16(14-19(15)31-25)28(34)24-18(30(4,5)6)10-12-22(36-8)26(24)32-20/h9-14H,1-8H3,(H,31,33)(H,32,34). The summed E-state index contributed by atoms with van der Waals surface area (Å²) in [4.78, 5) is 34.7. The van der Waals surface area contributed by atoms with Crippen LogP contribution in [-0.4, -0.2) is 24.2 Å². The molecular formula is C30H32N2O4. The third kappa shape index (κ3) is 3.47. The zero-order chi connectivity index (χ0) is 26.2. The van der Waals surface area contributed by atoms with E-state index >= 15 is 0 Å². The number of nitrogens with one attached hydrogen (secondary N) is 2. The molecule has 0 aliphatic heterocycles. The highest BCUT2D eigenvalue weighted by molar-refractivity contribution is 6.05. The molecule has 36 heavy (non-hydrogen) atoms. The Labute approximate surface area is 209 Å². The van der Waals surface area contributed by atoms with Crippen LogP contribution in [0.25, 0.3) is 43.6 Å². The lowest BCUT2D eigenvalue weighted by Crippen LogP contribution is -2.18. The van der Waals surface area contributed by atoms with Gasteiger partial charge in [0.25, 0.3) is 0 Å². The zero-order valence-electron chi connectivity index (χ0n) is 22.1. The van der Waals surface area contributed by atoms with Crippen LogP contribution in [0, 0.1) is 0 Å². The molecule has 0 amide bonds. The Balaban J connectivity index is 2.00. The normalized spacial score (nSPS) is 12.7. The molecule has 0 saturated carbocycles. The fourth-order valence-electron chi connectivity index (χ4n) is 5.20. The van der Waals surface area contributed by atoms with E-state index in [-0.39, 0.29) is 21.7 Å². The van der Waals surface area contributed by atoms with Gasteiger partial charge >= 0.3 is 0 Å². The minimum absolute atomic E-state index is 0.0965. The zero-order valence-corrected chi connectivity index (χ0v) is 22.1. The van der Waals surface area contributed by atoms with Gasteiger partial charge in [-0.15, -0.1) is 0 Å². The van der Waals surface area contributed by atoms with Gasteiger partial charge in [0.05, 0.1) is 47.1 Å². The van der Waals surface area contributed by atoms with Crippen molar-refractivity contribution in [2.45, 2.75) is 52.4 Å². The van der Waals surface area contributed by atoms with Crippen molar-refractivity contribution in [2.75, 3.05) is 14.2 Å². The maximum absolute atomic E-state index is 13.9. The van der Waals surface area contributed by atoms with Gasteiger partial charge in [-0.3, -0.25) is 9.59 Å². The number of benzene rings is 3. The lowest BCUT2D eigenvalue weighted by atomic mass is 9.83. The van der Waals surface area contributed by atoms with Crippen LogP contribution >= 0.6 is 0 Å². The van der Waals surface area contributed by atoms with Crippen molar-refractivity contribution in [3.8, 4) is 11.5 Å². The molecule has 6 heteroatoms. The van der Waals surface area contributed by atoms with Gasteiger partial charge in [-0.25, -0.2) is 0 Å². The van der Waals surface area contributed by atoms with Crippen LogP contribution in [0.1, 0.15) is 52.7 Å². The smallest absolute Gasteiger partial charge is 0.197 e. The number of fused-ring (bicyclic) bond motifs is 4. The van der Waals surface area contributed by atoms with E-state index in [4.69, 9.17) is 9.47 Å². The van der Waals surface area contributed by atoms with Gasteiger partial charge in [0.15, 0.2) is 10.9 Å². The van der Waals surface area contributed by atoms with E-state index in [0.29, 0.717) is 55.1 Å². The quantitative estimate of drug-likeness (QED) is 0.289. The second-order valence-corrected chi connectivity index (χ2v) is 11.5. The Morgan fingerprint density at radius 1 is 0.611 bits per heavy atom. The van der Waals surface area contributed by atoms with E-state index in [9.17, 15) is 9.59 Å². The van der Waals surface area contributed by atoms with Crippen LogP contribution in [0.2, 0.25) is 0 Å². The number of pyridine rings is 2. The summed E-state index contributed by atoms with van der Waals surface area (Å²) >= 11 is 0. The monoisotopic (exact) mass is 484 g/mol. The lowest BCUT2D eigenvalue weighted by Gasteiger charge is -2.23. The van der Waals surface area contributed by atoms with Crippen LogP contribution in [-0.2, 0) is 10.8 Å². The molecule has 2 heterocycles. The van der Waals surface area contributed by atoms with Gasteiger partial charge in [0.1, 0.15) is 11.5 Å². The summed E-state index contributed by atoms with van der Waals surface area (Å²) in [7, 11) is 3.18. The Morgan fingerprint density at radius 2 is 0.972 bits per heavy atom. The molecule has 0 unspecified atom stereocenters. The summed E-state index contributed by atoms with van der Waals surface area (Å²) in [6, 6.07) is 11.2. The second-order valence-electron chi connectivity index (χ2n) is 11.5. The van der Waals surface area contributed by atoms with E-state index in [1.165, 1.54) is 0 Å². The number of ether oxygens (including phenoxy) is 2. The number of hydrogen-bond acceptors (Lipinski definition) is 4. The van der Waals surface area contributed by atoms with Gasteiger partial charge in [0.2, 0.25) is 0 Å². The molecule has 5 rings (SSSR count). The highest BCUT2D eigenvalue weighted by atomic mass is 16.5. The number of hydrogen-bond donors (Lipinski definition) is 2. The predicted octanol–water partition coefficient (Wildman–Crippen LogP) is 6.29. The first-order chi connectivity index (χ1) is 16.9. The van der Waals surface area contributed by atoms with Crippen molar-refractivity contribution < 1.29 is 9.47 Å². The molecule has 186 valence electrons. The molecule has 0 radical (unpaired) electrons. The van der Waals surface area contributed by atoms with Crippen molar-refractivity contribution in [3.05, 3.63) is 68.0 Å². The van der Waals surface area contributed by atoms with Gasteiger partial charge < -0.3 is 19.4 Å². The first-order valence-corrected chi connectivity index (χ1v) is 12.1. The van der Waals surface area contributed by atoms with E-state index in [0.717, 1.165) is 11.1 Å². The van der Waals surface area contributed by atoms with Crippen LogP contribution < -0.4 is 20.3 Å². The summed E-state index contributed by atoms with van der Waals surface area (Å²) < 4.78 is 11.2. The summed E-state index contributed by atoms with van der Waals surface area (Å²) in [5, 5.41) is 2.22. The molecular weight excluding hydrogens is 452 g/mol. The van der Waals surface area contributed by atoms with E-state index < -0.39 is 0 Å².